The van der Waals surface area contributed by atoms with Crippen molar-refractivity contribution in [2.24, 2.45) is 0 Å². The number of halogens is 1. The maximum atomic E-state index is 5.28. The van der Waals surface area contributed by atoms with Gasteiger partial charge >= 0.3 is 0 Å². The molecule has 17 heavy (non-hydrogen) atoms. The Morgan fingerprint density at radius 3 is 2.71 bits per heavy atom. The predicted octanol–water partition coefficient (Wildman–Crippen LogP) is 3.63. The molecule has 90 valence electrons. The number of nitrogens with zero attached hydrogens (tertiary/aromatic N) is 2. The van der Waals surface area contributed by atoms with E-state index in [1.807, 2.05) is 32.0 Å². The van der Waals surface area contributed by atoms with Gasteiger partial charge in [0.15, 0.2) is 5.82 Å². The average molecular weight is 297 g/mol. The van der Waals surface area contributed by atoms with Gasteiger partial charge in [-0.25, -0.2) is 0 Å². The lowest BCUT2D eigenvalue weighted by atomic mass is 10.2. The first-order chi connectivity index (χ1) is 8.11. The second-order valence-electron chi connectivity index (χ2n) is 3.96. The number of benzene rings is 1. The molecule has 0 saturated carbocycles. The minimum atomic E-state index is 0.241. The Bertz CT molecular complexity index is 523. The number of hydrogen-bond donors (Lipinski definition) is 0. The topological polar surface area (TPSA) is 48.2 Å². The molecule has 0 amide bonds. The first-order valence-corrected chi connectivity index (χ1v) is 6.08. The van der Waals surface area contributed by atoms with E-state index in [1.54, 1.807) is 7.11 Å². The molecule has 2 aromatic rings. The molecular formula is C12H13BrN2O2. The molecule has 0 atom stereocenters. The lowest BCUT2D eigenvalue weighted by molar-refractivity contribution is 0.401. The summed E-state index contributed by atoms with van der Waals surface area (Å²) >= 11 is 3.41. The third-order valence-electron chi connectivity index (χ3n) is 2.35. The summed E-state index contributed by atoms with van der Waals surface area (Å²) in [5.41, 5.74) is 0.793. The highest BCUT2D eigenvalue weighted by atomic mass is 79.9. The Balaban J connectivity index is 2.47. The molecule has 0 aliphatic carbocycles. The molecule has 1 aromatic carbocycles. The van der Waals surface area contributed by atoms with Crippen molar-refractivity contribution < 1.29 is 9.26 Å². The first-order valence-electron chi connectivity index (χ1n) is 5.29. The van der Waals surface area contributed by atoms with Crippen LogP contribution >= 0.6 is 15.9 Å². The molecule has 1 heterocycles. The average Bonchev–Trinajstić information content (AvgIpc) is 2.78. The van der Waals surface area contributed by atoms with Crippen LogP contribution < -0.4 is 4.74 Å². The zero-order chi connectivity index (χ0) is 12.4. The van der Waals surface area contributed by atoms with E-state index in [-0.39, 0.29) is 5.92 Å². The smallest absolute Gasteiger partial charge is 0.261 e. The lowest BCUT2D eigenvalue weighted by Gasteiger charge is -2.04. The maximum absolute atomic E-state index is 5.28. The number of rotatable bonds is 3. The van der Waals surface area contributed by atoms with Crippen LogP contribution in [0.25, 0.3) is 11.5 Å². The summed E-state index contributed by atoms with van der Waals surface area (Å²) in [6, 6.07) is 5.66. The summed E-state index contributed by atoms with van der Waals surface area (Å²) in [5, 5.41) is 3.94. The summed E-state index contributed by atoms with van der Waals surface area (Å²) in [6.45, 7) is 4.04. The molecule has 1 aromatic heterocycles. The molecule has 0 spiro atoms. The van der Waals surface area contributed by atoms with Crippen LogP contribution in [0.15, 0.2) is 27.2 Å². The van der Waals surface area contributed by atoms with Crippen molar-refractivity contribution in [1.82, 2.24) is 10.1 Å². The van der Waals surface area contributed by atoms with Gasteiger partial charge in [-0.15, -0.1) is 0 Å². The van der Waals surface area contributed by atoms with Crippen LogP contribution in [-0.2, 0) is 0 Å². The van der Waals surface area contributed by atoms with Gasteiger partial charge in [-0.1, -0.05) is 34.9 Å². The van der Waals surface area contributed by atoms with E-state index in [9.17, 15) is 0 Å². The van der Waals surface area contributed by atoms with Crippen LogP contribution in [0.1, 0.15) is 25.6 Å². The molecule has 2 rings (SSSR count). The largest absolute Gasteiger partial charge is 0.496 e. The number of hydrogen-bond acceptors (Lipinski definition) is 4. The zero-order valence-corrected chi connectivity index (χ0v) is 11.5. The highest BCUT2D eigenvalue weighted by Crippen LogP contribution is 2.32. The van der Waals surface area contributed by atoms with Crippen molar-refractivity contribution in [2.45, 2.75) is 19.8 Å². The normalized spacial score (nSPS) is 10.9. The van der Waals surface area contributed by atoms with Gasteiger partial charge in [-0.05, 0) is 18.2 Å². The van der Waals surface area contributed by atoms with Gasteiger partial charge in [-0.2, -0.15) is 4.98 Å². The minimum Gasteiger partial charge on any atom is -0.496 e. The van der Waals surface area contributed by atoms with Gasteiger partial charge in [0.1, 0.15) is 5.75 Å². The molecule has 0 unspecified atom stereocenters. The SMILES string of the molecule is COc1ccc(Br)cc1-c1nc(C(C)C)no1. The van der Waals surface area contributed by atoms with E-state index in [4.69, 9.17) is 9.26 Å². The Hall–Kier alpha value is -1.36. The third kappa shape index (κ3) is 2.49. The molecular weight excluding hydrogens is 284 g/mol. The fourth-order valence-electron chi connectivity index (χ4n) is 1.43. The van der Waals surface area contributed by atoms with Gasteiger partial charge in [0.2, 0.25) is 0 Å². The van der Waals surface area contributed by atoms with Crippen LogP contribution in [0.4, 0.5) is 0 Å². The zero-order valence-electron chi connectivity index (χ0n) is 9.90. The van der Waals surface area contributed by atoms with E-state index in [0.29, 0.717) is 17.5 Å². The molecule has 0 aliphatic rings. The molecule has 0 bridgehead atoms. The molecule has 0 aliphatic heterocycles. The van der Waals surface area contributed by atoms with E-state index in [0.717, 1.165) is 10.0 Å². The monoisotopic (exact) mass is 296 g/mol. The number of ether oxygens (including phenoxy) is 1. The van der Waals surface area contributed by atoms with E-state index < -0.39 is 0 Å². The standard InChI is InChI=1S/C12H13BrN2O2/c1-7(2)11-14-12(17-15-11)9-6-8(13)4-5-10(9)16-3/h4-7H,1-3H3. The van der Waals surface area contributed by atoms with Crippen LogP contribution in [0.5, 0.6) is 5.75 Å². The molecule has 0 radical (unpaired) electrons. The van der Waals surface area contributed by atoms with Gasteiger partial charge in [-0.3, -0.25) is 0 Å². The Morgan fingerprint density at radius 2 is 2.12 bits per heavy atom. The summed E-state index contributed by atoms with van der Waals surface area (Å²) in [7, 11) is 1.62. The number of methoxy groups -OCH3 is 1. The van der Waals surface area contributed by atoms with Crippen molar-refractivity contribution in [2.75, 3.05) is 7.11 Å². The molecule has 0 fully saturated rings. The van der Waals surface area contributed by atoms with Crippen LogP contribution in [-0.4, -0.2) is 17.3 Å². The quantitative estimate of drug-likeness (QED) is 0.868. The van der Waals surface area contributed by atoms with Crippen LogP contribution in [0.2, 0.25) is 0 Å². The van der Waals surface area contributed by atoms with E-state index >= 15 is 0 Å². The molecule has 0 saturated heterocycles. The summed E-state index contributed by atoms with van der Waals surface area (Å²) in [6.07, 6.45) is 0. The van der Waals surface area contributed by atoms with Crippen molar-refractivity contribution in [3.63, 3.8) is 0 Å². The summed E-state index contributed by atoms with van der Waals surface area (Å²) < 4.78 is 11.5. The maximum Gasteiger partial charge on any atom is 0.261 e. The Labute approximate surface area is 108 Å². The van der Waals surface area contributed by atoms with Gasteiger partial charge in [0.05, 0.1) is 12.7 Å². The Kier molecular flexibility index (Phi) is 3.47. The van der Waals surface area contributed by atoms with Crippen LogP contribution in [0, 0.1) is 0 Å². The van der Waals surface area contributed by atoms with Crippen molar-refractivity contribution in [3.05, 3.63) is 28.5 Å². The second kappa shape index (κ2) is 4.87. The highest BCUT2D eigenvalue weighted by molar-refractivity contribution is 9.10. The second-order valence-corrected chi connectivity index (χ2v) is 4.87. The van der Waals surface area contributed by atoms with Crippen molar-refractivity contribution >= 4 is 15.9 Å². The van der Waals surface area contributed by atoms with E-state index in [1.165, 1.54) is 0 Å². The van der Waals surface area contributed by atoms with Crippen molar-refractivity contribution in [3.8, 4) is 17.2 Å². The predicted molar refractivity (Wildman–Crippen MR) is 68.1 cm³/mol. The molecule has 5 heteroatoms. The number of aromatic nitrogens is 2. The van der Waals surface area contributed by atoms with Crippen LogP contribution in [0.3, 0.4) is 0 Å². The lowest BCUT2D eigenvalue weighted by Crippen LogP contribution is -1.91. The molecule has 0 N–H and O–H groups in total. The van der Waals surface area contributed by atoms with Gasteiger partial charge in [0, 0.05) is 10.4 Å². The van der Waals surface area contributed by atoms with Gasteiger partial charge < -0.3 is 9.26 Å². The van der Waals surface area contributed by atoms with Crippen molar-refractivity contribution in [1.29, 1.82) is 0 Å². The fraction of sp³-hybridized carbons (Fsp3) is 0.333. The first kappa shape index (κ1) is 12.1. The Morgan fingerprint density at radius 1 is 1.35 bits per heavy atom. The minimum absolute atomic E-state index is 0.241. The molecule has 4 nitrogen and oxygen atoms in total. The summed E-state index contributed by atoms with van der Waals surface area (Å²) in [4.78, 5) is 4.35. The van der Waals surface area contributed by atoms with E-state index in [2.05, 4.69) is 26.1 Å². The fourth-order valence-corrected chi connectivity index (χ4v) is 1.79. The summed E-state index contributed by atoms with van der Waals surface area (Å²) in [5.74, 6) is 2.13. The third-order valence-corrected chi connectivity index (χ3v) is 2.84. The van der Waals surface area contributed by atoms with Gasteiger partial charge in [0.25, 0.3) is 5.89 Å². The highest BCUT2D eigenvalue weighted by Gasteiger charge is 2.15.